The lowest BCUT2D eigenvalue weighted by atomic mass is 10.2. The molecule has 0 radical (unpaired) electrons. The maximum atomic E-state index is 12.3. The molecular weight excluding hydrogens is 268 g/mol. The van der Waals surface area contributed by atoms with E-state index in [1.807, 2.05) is 0 Å². The van der Waals surface area contributed by atoms with E-state index in [1.54, 1.807) is 18.9 Å². The summed E-state index contributed by atoms with van der Waals surface area (Å²) in [6.45, 7) is 3.12. The molecule has 6 heteroatoms. The topological polar surface area (TPSA) is 69.3 Å². The number of aromatic nitrogens is 2. The molecule has 2 rings (SSSR count). The first-order valence-corrected chi connectivity index (χ1v) is 7.50. The summed E-state index contributed by atoms with van der Waals surface area (Å²) in [5.74, 6) is 0.240. The third-order valence-electron chi connectivity index (χ3n) is 4.24. The van der Waals surface area contributed by atoms with Gasteiger partial charge in [-0.25, -0.2) is 4.98 Å². The molecule has 0 unspecified atom stereocenters. The fourth-order valence-electron chi connectivity index (χ4n) is 2.78. The van der Waals surface area contributed by atoms with Gasteiger partial charge in [-0.3, -0.25) is 9.59 Å². The summed E-state index contributed by atoms with van der Waals surface area (Å²) >= 11 is 0. The Bertz CT molecular complexity index is 549. The number of nitrogens with one attached hydrogen (secondary N) is 1. The Labute approximate surface area is 125 Å². The van der Waals surface area contributed by atoms with Crippen molar-refractivity contribution in [3.63, 3.8) is 0 Å². The smallest absolute Gasteiger partial charge is 0.263 e. The number of amides is 1. The Balaban J connectivity index is 1.91. The number of H-pyrrole nitrogens is 1. The Hall–Kier alpha value is -1.69. The molecule has 1 aromatic rings. The number of aromatic amines is 1. The van der Waals surface area contributed by atoms with Crippen molar-refractivity contribution >= 4 is 5.91 Å². The number of hydrogen-bond donors (Lipinski definition) is 1. The highest BCUT2D eigenvalue weighted by atomic mass is 16.2. The SMILES string of the molecule is Cc1ncc(C(=O)N(C)CCN(C)C2CCCC2)c(=O)[nH]1. The minimum Gasteiger partial charge on any atom is -0.340 e. The fraction of sp³-hybridized carbons (Fsp3) is 0.667. The monoisotopic (exact) mass is 292 g/mol. The van der Waals surface area contributed by atoms with E-state index in [0.29, 0.717) is 18.4 Å². The maximum Gasteiger partial charge on any atom is 0.263 e. The number of hydrogen-bond acceptors (Lipinski definition) is 4. The van der Waals surface area contributed by atoms with Gasteiger partial charge in [0.2, 0.25) is 0 Å². The van der Waals surface area contributed by atoms with E-state index in [1.165, 1.54) is 31.9 Å². The summed E-state index contributed by atoms with van der Waals surface area (Å²) in [7, 11) is 3.83. The van der Waals surface area contributed by atoms with Gasteiger partial charge in [0, 0.05) is 32.4 Å². The molecular formula is C15H24N4O2. The molecule has 116 valence electrons. The highest BCUT2D eigenvalue weighted by Crippen LogP contribution is 2.21. The predicted molar refractivity (Wildman–Crippen MR) is 81.4 cm³/mol. The molecule has 1 aliphatic rings. The number of likely N-dealkylation sites (N-methyl/N-ethyl adjacent to an activating group) is 2. The van der Waals surface area contributed by atoms with Crippen molar-refractivity contribution in [2.75, 3.05) is 27.2 Å². The summed E-state index contributed by atoms with van der Waals surface area (Å²) in [5, 5.41) is 0. The average Bonchev–Trinajstić information content (AvgIpc) is 2.98. The molecule has 0 atom stereocenters. The normalized spacial score (nSPS) is 15.6. The second kappa shape index (κ2) is 6.85. The number of rotatable bonds is 5. The zero-order chi connectivity index (χ0) is 15.4. The molecule has 1 saturated carbocycles. The fourth-order valence-corrected chi connectivity index (χ4v) is 2.78. The second-order valence-electron chi connectivity index (χ2n) is 5.86. The standard InChI is InChI=1S/C15H24N4O2/c1-11-16-10-13(14(20)17-11)15(21)19(3)9-8-18(2)12-6-4-5-7-12/h10,12H,4-9H2,1-3H3,(H,16,17,20). The van der Waals surface area contributed by atoms with E-state index in [4.69, 9.17) is 0 Å². The Morgan fingerprint density at radius 1 is 1.33 bits per heavy atom. The predicted octanol–water partition coefficient (Wildman–Crippen LogP) is 1.02. The van der Waals surface area contributed by atoms with Crippen LogP contribution in [0.3, 0.4) is 0 Å². The summed E-state index contributed by atoms with van der Waals surface area (Å²) in [6.07, 6.45) is 6.45. The van der Waals surface area contributed by atoms with E-state index in [9.17, 15) is 9.59 Å². The molecule has 21 heavy (non-hydrogen) atoms. The van der Waals surface area contributed by atoms with E-state index in [0.717, 1.165) is 6.54 Å². The average molecular weight is 292 g/mol. The first-order chi connectivity index (χ1) is 9.99. The molecule has 0 bridgehead atoms. The second-order valence-corrected chi connectivity index (χ2v) is 5.86. The van der Waals surface area contributed by atoms with Crippen LogP contribution in [0.2, 0.25) is 0 Å². The summed E-state index contributed by atoms with van der Waals surface area (Å²) in [4.78, 5) is 34.5. The van der Waals surface area contributed by atoms with Gasteiger partial charge in [0.15, 0.2) is 0 Å². The third kappa shape index (κ3) is 3.91. The molecule has 1 heterocycles. The molecule has 0 spiro atoms. The third-order valence-corrected chi connectivity index (χ3v) is 4.24. The molecule has 6 nitrogen and oxygen atoms in total. The first-order valence-electron chi connectivity index (χ1n) is 7.50. The van der Waals surface area contributed by atoms with Gasteiger partial charge < -0.3 is 14.8 Å². The molecule has 1 aromatic heterocycles. The van der Waals surface area contributed by atoms with Crippen molar-refractivity contribution in [1.82, 2.24) is 19.8 Å². The van der Waals surface area contributed by atoms with Crippen LogP contribution >= 0.6 is 0 Å². The van der Waals surface area contributed by atoms with Crippen molar-refractivity contribution in [2.45, 2.75) is 38.6 Å². The van der Waals surface area contributed by atoms with Crippen LogP contribution in [0.1, 0.15) is 41.9 Å². The van der Waals surface area contributed by atoms with Gasteiger partial charge in [-0.2, -0.15) is 0 Å². The molecule has 1 N–H and O–H groups in total. The number of aryl methyl sites for hydroxylation is 1. The van der Waals surface area contributed by atoms with E-state index >= 15 is 0 Å². The van der Waals surface area contributed by atoms with Gasteiger partial charge in [0.1, 0.15) is 11.4 Å². The van der Waals surface area contributed by atoms with Crippen LogP contribution in [0.15, 0.2) is 11.0 Å². The van der Waals surface area contributed by atoms with Gasteiger partial charge in [-0.05, 0) is 26.8 Å². The lowest BCUT2D eigenvalue weighted by molar-refractivity contribution is 0.0772. The van der Waals surface area contributed by atoms with Gasteiger partial charge in [0.25, 0.3) is 11.5 Å². The quantitative estimate of drug-likeness (QED) is 0.880. The molecule has 0 aliphatic heterocycles. The van der Waals surface area contributed by atoms with Crippen LogP contribution in [0.5, 0.6) is 0 Å². The molecule has 1 fully saturated rings. The maximum absolute atomic E-state index is 12.3. The van der Waals surface area contributed by atoms with Crippen molar-refractivity contribution in [1.29, 1.82) is 0 Å². The number of carbonyl (C=O) groups is 1. The van der Waals surface area contributed by atoms with Crippen LogP contribution in [-0.4, -0.2) is 58.9 Å². The van der Waals surface area contributed by atoms with Gasteiger partial charge in [-0.15, -0.1) is 0 Å². The largest absolute Gasteiger partial charge is 0.340 e. The lowest BCUT2D eigenvalue weighted by Crippen LogP contribution is -2.39. The lowest BCUT2D eigenvalue weighted by Gasteiger charge is -2.26. The van der Waals surface area contributed by atoms with E-state index < -0.39 is 0 Å². The number of nitrogens with zero attached hydrogens (tertiary/aromatic N) is 3. The van der Waals surface area contributed by atoms with Crippen LogP contribution in [-0.2, 0) is 0 Å². The Morgan fingerprint density at radius 2 is 2.00 bits per heavy atom. The first kappa shape index (κ1) is 15.7. The molecule has 0 saturated heterocycles. The minimum absolute atomic E-state index is 0.103. The van der Waals surface area contributed by atoms with Crippen molar-refractivity contribution in [3.05, 3.63) is 27.9 Å². The van der Waals surface area contributed by atoms with Crippen molar-refractivity contribution in [3.8, 4) is 0 Å². The van der Waals surface area contributed by atoms with Crippen molar-refractivity contribution in [2.24, 2.45) is 0 Å². The summed E-state index contributed by atoms with van der Waals surface area (Å²) in [6, 6.07) is 0.637. The Morgan fingerprint density at radius 3 is 2.62 bits per heavy atom. The highest BCUT2D eigenvalue weighted by Gasteiger charge is 2.21. The van der Waals surface area contributed by atoms with Gasteiger partial charge >= 0.3 is 0 Å². The summed E-state index contributed by atoms with van der Waals surface area (Å²) < 4.78 is 0. The molecule has 1 amide bonds. The van der Waals surface area contributed by atoms with Crippen LogP contribution in [0.4, 0.5) is 0 Å². The zero-order valence-corrected chi connectivity index (χ0v) is 13.1. The highest BCUT2D eigenvalue weighted by molar-refractivity contribution is 5.93. The van der Waals surface area contributed by atoms with Gasteiger partial charge in [0.05, 0.1) is 0 Å². The zero-order valence-electron chi connectivity index (χ0n) is 13.1. The Kier molecular flexibility index (Phi) is 5.12. The minimum atomic E-state index is -0.372. The van der Waals surface area contributed by atoms with Crippen LogP contribution in [0, 0.1) is 6.92 Å². The van der Waals surface area contributed by atoms with Crippen LogP contribution < -0.4 is 5.56 Å². The molecule has 1 aliphatic carbocycles. The van der Waals surface area contributed by atoms with E-state index in [-0.39, 0.29) is 17.0 Å². The van der Waals surface area contributed by atoms with Crippen molar-refractivity contribution < 1.29 is 4.79 Å². The molecule has 0 aromatic carbocycles. The number of carbonyl (C=O) groups excluding carboxylic acids is 1. The van der Waals surface area contributed by atoms with Gasteiger partial charge in [-0.1, -0.05) is 12.8 Å². The van der Waals surface area contributed by atoms with Crippen LogP contribution in [0.25, 0.3) is 0 Å². The van der Waals surface area contributed by atoms with E-state index in [2.05, 4.69) is 21.9 Å². The summed E-state index contributed by atoms with van der Waals surface area (Å²) in [5.41, 5.74) is -0.268.